The van der Waals surface area contributed by atoms with Crippen molar-refractivity contribution >= 4 is 15.9 Å². The first kappa shape index (κ1) is 17.6. The summed E-state index contributed by atoms with van der Waals surface area (Å²) in [7, 11) is -1.88. The molecule has 25 heavy (non-hydrogen) atoms. The summed E-state index contributed by atoms with van der Waals surface area (Å²) in [5, 5.41) is 0.0569. The zero-order valence-electron chi connectivity index (χ0n) is 14.3. The van der Waals surface area contributed by atoms with E-state index in [0.29, 0.717) is 37.4 Å². The summed E-state index contributed by atoms with van der Waals surface area (Å²) < 4.78 is 28.7. The molecule has 9 heteroatoms. The van der Waals surface area contributed by atoms with Gasteiger partial charge >= 0.3 is 0 Å². The van der Waals surface area contributed by atoms with Crippen molar-refractivity contribution in [3.63, 3.8) is 0 Å². The van der Waals surface area contributed by atoms with Crippen molar-refractivity contribution in [2.24, 2.45) is 7.05 Å². The van der Waals surface area contributed by atoms with Crippen LogP contribution in [0.3, 0.4) is 0 Å². The molecule has 2 aromatic heterocycles. The van der Waals surface area contributed by atoms with Gasteiger partial charge in [-0.05, 0) is 25.5 Å². The molecule has 1 amide bonds. The summed E-state index contributed by atoms with van der Waals surface area (Å²) in [5.74, 6) is 0.540. The Bertz CT molecular complexity index is 844. The smallest absolute Gasteiger partial charge is 0.262 e. The number of aryl methyl sites for hydroxylation is 2. The standard InChI is InChI=1S/C16H21N5O3S/c1-13-18-15(12-19(13)2)25(23,24)21-9-3-8-20(10-11-21)16(22)14-4-6-17-7-5-14/h4-7,12H,3,8-11H2,1-2H3. The second-order valence-corrected chi connectivity index (χ2v) is 7.91. The average Bonchev–Trinajstić information content (AvgIpc) is 2.82. The molecular weight excluding hydrogens is 342 g/mol. The van der Waals surface area contributed by atoms with Crippen molar-refractivity contribution in [3.05, 3.63) is 42.1 Å². The molecule has 0 radical (unpaired) electrons. The third-order valence-corrected chi connectivity index (χ3v) is 6.13. The van der Waals surface area contributed by atoms with Crippen molar-refractivity contribution < 1.29 is 13.2 Å². The Morgan fingerprint density at radius 1 is 1.12 bits per heavy atom. The van der Waals surface area contributed by atoms with E-state index < -0.39 is 10.0 Å². The minimum absolute atomic E-state index is 0.0569. The largest absolute Gasteiger partial charge is 0.337 e. The Balaban J connectivity index is 1.74. The van der Waals surface area contributed by atoms with E-state index in [-0.39, 0.29) is 17.5 Å². The van der Waals surface area contributed by atoms with Crippen LogP contribution >= 0.6 is 0 Å². The van der Waals surface area contributed by atoms with Gasteiger partial charge in [-0.25, -0.2) is 13.4 Å². The van der Waals surface area contributed by atoms with Gasteiger partial charge in [-0.1, -0.05) is 0 Å². The second-order valence-electron chi connectivity index (χ2n) is 6.02. The van der Waals surface area contributed by atoms with Gasteiger partial charge in [0.05, 0.1) is 0 Å². The topological polar surface area (TPSA) is 88.4 Å². The lowest BCUT2D eigenvalue weighted by Gasteiger charge is -2.21. The van der Waals surface area contributed by atoms with Gasteiger partial charge in [0.2, 0.25) is 0 Å². The minimum atomic E-state index is -3.65. The van der Waals surface area contributed by atoms with Gasteiger partial charge in [0.25, 0.3) is 15.9 Å². The number of amides is 1. The zero-order valence-corrected chi connectivity index (χ0v) is 15.1. The molecule has 3 heterocycles. The number of hydrogen-bond donors (Lipinski definition) is 0. The van der Waals surface area contributed by atoms with E-state index in [1.165, 1.54) is 10.5 Å². The van der Waals surface area contributed by atoms with Crippen LogP contribution in [0.2, 0.25) is 0 Å². The zero-order chi connectivity index (χ0) is 18.0. The number of pyridine rings is 1. The molecule has 0 unspecified atom stereocenters. The third-order valence-electron chi connectivity index (χ3n) is 4.36. The molecule has 0 bridgehead atoms. The van der Waals surface area contributed by atoms with Crippen LogP contribution in [0.5, 0.6) is 0 Å². The lowest BCUT2D eigenvalue weighted by Crippen LogP contribution is -2.37. The fraction of sp³-hybridized carbons (Fsp3) is 0.438. The molecule has 8 nitrogen and oxygen atoms in total. The van der Waals surface area contributed by atoms with Crippen LogP contribution in [0.1, 0.15) is 22.6 Å². The SMILES string of the molecule is Cc1nc(S(=O)(=O)N2CCCN(C(=O)c3ccncc3)CC2)cn1C. The summed E-state index contributed by atoms with van der Waals surface area (Å²) in [4.78, 5) is 22.3. The summed E-state index contributed by atoms with van der Waals surface area (Å²) in [6, 6.07) is 3.33. The number of carbonyl (C=O) groups excluding carboxylic acids is 1. The average molecular weight is 363 g/mol. The van der Waals surface area contributed by atoms with Crippen molar-refractivity contribution in [1.82, 2.24) is 23.7 Å². The molecule has 0 spiro atoms. The maximum absolute atomic E-state index is 12.8. The fourth-order valence-corrected chi connectivity index (χ4v) is 4.29. The predicted octanol–water partition coefficient (Wildman–Crippen LogP) is 0.660. The number of sulfonamides is 1. The normalized spacial score (nSPS) is 16.6. The van der Waals surface area contributed by atoms with Crippen molar-refractivity contribution in [3.8, 4) is 0 Å². The molecule has 3 rings (SSSR count). The first-order chi connectivity index (χ1) is 11.9. The second kappa shape index (κ2) is 6.93. The number of hydrogen-bond acceptors (Lipinski definition) is 5. The Morgan fingerprint density at radius 2 is 1.84 bits per heavy atom. The quantitative estimate of drug-likeness (QED) is 0.799. The van der Waals surface area contributed by atoms with Gasteiger partial charge in [-0.3, -0.25) is 9.78 Å². The van der Waals surface area contributed by atoms with Gasteiger partial charge < -0.3 is 9.47 Å². The van der Waals surface area contributed by atoms with Gasteiger partial charge in [-0.15, -0.1) is 0 Å². The van der Waals surface area contributed by atoms with E-state index in [2.05, 4.69) is 9.97 Å². The van der Waals surface area contributed by atoms with Crippen molar-refractivity contribution in [2.75, 3.05) is 26.2 Å². The van der Waals surface area contributed by atoms with Crippen LogP contribution < -0.4 is 0 Å². The Hall–Kier alpha value is -2.26. The predicted molar refractivity (Wildman–Crippen MR) is 91.5 cm³/mol. The van der Waals surface area contributed by atoms with E-state index in [1.807, 2.05) is 0 Å². The molecule has 0 aliphatic carbocycles. The molecule has 0 N–H and O–H groups in total. The molecule has 1 aliphatic heterocycles. The fourth-order valence-electron chi connectivity index (χ4n) is 2.80. The van der Waals surface area contributed by atoms with E-state index >= 15 is 0 Å². The number of imidazole rings is 1. The van der Waals surface area contributed by atoms with E-state index in [0.717, 1.165) is 0 Å². The van der Waals surface area contributed by atoms with E-state index in [1.54, 1.807) is 48.0 Å². The maximum atomic E-state index is 12.8. The van der Waals surface area contributed by atoms with Gasteiger partial charge in [0.1, 0.15) is 5.82 Å². The number of aromatic nitrogens is 3. The lowest BCUT2D eigenvalue weighted by molar-refractivity contribution is 0.0764. The van der Waals surface area contributed by atoms with Crippen LogP contribution in [0.15, 0.2) is 35.7 Å². The molecule has 0 atom stereocenters. The van der Waals surface area contributed by atoms with Crippen LogP contribution in [0, 0.1) is 6.92 Å². The molecule has 2 aromatic rings. The monoisotopic (exact) mass is 363 g/mol. The van der Waals surface area contributed by atoms with Crippen molar-refractivity contribution in [1.29, 1.82) is 0 Å². The molecule has 1 aliphatic rings. The van der Waals surface area contributed by atoms with Crippen LogP contribution in [0.25, 0.3) is 0 Å². The van der Waals surface area contributed by atoms with E-state index in [9.17, 15) is 13.2 Å². The lowest BCUT2D eigenvalue weighted by atomic mass is 10.2. The maximum Gasteiger partial charge on any atom is 0.262 e. The first-order valence-electron chi connectivity index (χ1n) is 8.09. The summed E-state index contributed by atoms with van der Waals surface area (Å²) >= 11 is 0. The highest BCUT2D eigenvalue weighted by Gasteiger charge is 2.30. The first-order valence-corrected chi connectivity index (χ1v) is 9.53. The molecular formula is C16H21N5O3S. The van der Waals surface area contributed by atoms with E-state index in [4.69, 9.17) is 0 Å². The van der Waals surface area contributed by atoms with Gasteiger partial charge in [0.15, 0.2) is 5.03 Å². The Morgan fingerprint density at radius 3 is 2.48 bits per heavy atom. The highest BCUT2D eigenvalue weighted by molar-refractivity contribution is 7.89. The Kier molecular flexibility index (Phi) is 4.87. The van der Waals surface area contributed by atoms with Gasteiger partial charge in [-0.2, -0.15) is 4.31 Å². The van der Waals surface area contributed by atoms with Crippen LogP contribution in [0.4, 0.5) is 0 Å². The summed E-state index contributed by atoms with van der Waals surface area (Å²) in [6.07, 6.45) is 5.26. The molecule has 0 aromatic carbocycles. The number of rotatable bonds is 3. The summed E-state index contributed by atoms with van der Waals surface area (Å²) in [5.41, 5.74) is 0.562. The number of carbonyl (C=O) groups is 1. The molecule has 0 saturated carbocycles. The minimum Gasteiger partial charge on any atom is -0.337 e. The Labute approximate surface area is 147 Å². The van der Waals surface area contributed by atoms with Crippen molar-refractivity contribution in [2.45, 2.75) is 18.4 Å². The molecule has 134 valence electrons. The van der Waals surface area contributed by atoms with Crippen LogP contribution in [-0.2, 0) is 17.1 Å². The van der Waals surface area contributed by atoms with Crippen LogP contribution in [-0.4, -0.2) is 64.2 Å². The highest BCUT2D eigenvalue weighted by atomic mass is 32.2. The highest BCUT2D eigenvalue weighted by Crippen LogP contribution is 2.18. The molecule has 1 fully saturated rings. The summed E-state index contributed by atoms with van der Waals surface area (Å²) in [6.45, 7) is 3.27. The molecule has 1 saturated heterocycles. The third kappa shape index (κ3) is 3.57. The van der Waals surface area contributed by atoms with Gasteiger partial charge in [0, 0.05) is 57.4 Å². The number of nitrogens with zero attached hydrogens (tertiary/aromatic N) is 5.